The first-order valence-corrected chi connectivity index (χ1v) is 8.81. The highest BCUT2D eigenvalue weighted by Crippen LogP contribution is 2.22. The van der Waals surface area contributed by atoms with E-state index >= 15 is 0 Å². The fourth-order valence-corrected chi connectivity index (χ4v) is 2.75. The zero-order chi connectivity index (χ0) is 20.2. The lowest BCUT2D eigenvalue weighted by Gasteiger charge is -2.09. The van der Waals surface area contributed by atoms with Gasteiger partial charge >= 0.3 is 5.97 Å². The smallest absolute Gasteiger partial charge is 0.357 e. The monoisotopic (exact) mass is 391 g/mol. The van der Waals surface area contributed by atoms with E-state index < -0.39 is 5.97 Å². The van der Waals surface area contributed by atoms with Crippen LogP contribution in [0.1, 0.15) is 22.8 Å². The molecule has 9 heteroatoms. The van der Waals surface area contributed by atoms with Crippen LogP contribution >= 0.6 is 0 Å². The van der Waals surface area contributed by atoms with E-state index in [0.717, 1.165) is 11.1 Å². The van der Waals surface area contributed by atoms with E-state index in [4.69, 9.17) is 13.7 Å². The van der Waals surface area contributed by atoms with E-state index in [9.17, 15) is 4.79 Å². The van der Waals surface area contributed by atoms with E-state index in [0.29, 0.717) is 23.0 Å². The van der Waals surface area contributed by atoms with Crippen molar-refractivity contribution in [3.8, 4) is 11.4 Å². The number of carbonyl (C=O) groups excluding carboxylic acids is 1. The second kappa shape index (κ2) is 7.93. The number of hydrogen-bond donors (Lipinski definition) is 0. The molecule has 0 spiro atoms. The van der Waals surface area contributed by atoms with Gasteiger partial charge < -0.3 is 13.7 Å². The summed E-state index contributed by atoms with van der Waals surface area (Å²) in [6, 6.07) is 12.7. The molecular formula is C20H17N5O4. The quantitative estimate of drug-likeness (QED) is 0.364. The number of hydrogen-bond acceptors (Lipinski definition) is 8. The summed E-state index contributed by atoms with van der Waals surface area (Å²) >= 11 is 0. The molecule has 0 aliphatic rings. The highest BCUT2D eigenvalue weighted by atomic mass is 16.5. The molecule has 0 atom stereocenters. The largest absolute Gasteiger partial charge is 0.465 e. The molecule has 0 radical (unpaired) electrons. The molecule has 4 aromatic rings. The lowest BCUT2D eigenvalue weighted by molar-refractivity contribution is -0.138. The Morgan fingerprint density at radius 2 is 2.00 bits per heavy atom. The maximum absolute atomic E-state index is 13.0. The van der Waals surface area contributed by atoms with Gasteiger partial charge in [-0.25, -0.2) is 4.79 Å². The summed E-state index contributed by atoms with van der Waals surface area (Å²) in [7, 11) is 0. The average molecular weight is 391 g/mol. The summed E-state index contributed by atoms with van der Waals surface area (Å²) in [5.41, 5.74) is 2.24. The van der Waals surface area contributed by atoms with Crippen LogP contribution in [0.5, 0.6) is 0 Å². The molecule has 0 bridgehead atoms. The summed E-state index contributed by atoms with van der Waals surface area (Å²) in [5.74, 6) is 0.839. The minimum atomic E-state index is -0.620. The van der Waals surface area contributed by atoms with Crippen molar-refractivity contribution in [2.75, 3.05) is 0 Å². The standard InChI is InChI=1S/C20H17N5O4/c1-13-17(14(2)29-22-13)12-28-20(26)18(11-16-9-6-10-27-16)25-19(21-23-24-25)15-7-4-3-5-8-15/h3-11H,12H2,1-2H3/b18-11+. The molecule has 0 N–H and O–H groups in total. The molecule has 0 saturated carbocycles. The van der Waals surface area contributed by atoms with Crippen LogP contribution < -0.4 is 0 Å². The maximum atomic E-state index is 13.0. The number of tetrazole rings is 1. The number of rotatable bonds is 6. The number of carbonyl (C=O) groups is 1. The van der Waals surface area contributed by atoms with Crippen molar-refractivity contribution < 1.29 is 18.5 Å². The van der Waals surface area contributed by atoms with Crippen molar-refractivity contribution in [2.45, 2.75) is 20.5 Å². The molecule has 0 fully saturated rings. The Labute approximate surface area is 165 Å². The van der Waals surface area contributed by atoms with E-state index in [1.54, 1.807) is 26.0 Å². The molecule has 0 aliphatic heterocycles. The average Bonchev–Trinajstić information content (AvgIpc) is 3.48. The Hall–Kier alpha value is -4.01. The molecule has 1 aromatic carbocycles. The second-order valence-electron chi connectivity index (χ2n) is 6.20. The van der Waals surface area contributed by atoms with Gasteiger partial charge in [0.15, 0.2) is 11.5 Å². The molecular weight excluding hydrogens is 374 g/mol. The van der Waals surface area contributed by atoms with Crippen LogP contribution in [0.25, 0.3) is 23.2 Å². The number of benzene rings is 1. The van der Waals surface area contributed by atoms with Crippen molar-refractivity contribution in [1.29, 1.82) is 0 Å². The van der Waals surface area contributed by atoms with E-state index in [2.05, 4.69) is 20.7 Å². The summed E-state index contributed by atoms with van der Waals surface area (Å²) in [4.78, 5) is 13.0. The first-order chi connectivity index (χ1) is 14.1. The molecule has 9 nitrogen and oxygen atoms in total. The van der Waals surface area contributed by atoms with Gasteiger partial charge in [-0.2, -0.15) is 4.68 Å². The number of furan rings is 1. The number of aromatic nitrogens is 5. The predicted octanol–water partition coefficient (Wildman–Crippen LogP) is 3.28. The van der Waals surface area contributed by atoms with Crippen LogP contribution in [0.3, 0.4) is 0 Å². The number of esters is 1. The third kappa shape index (κ3) is 3.84. The molecule has 0 saturated heterocycles. The number of nitrogens with zero attached hydrogens (tertiary/aromatic N) is 5. The first-order valence-electron chi connectivity index (χ1n) is 8.81. The normalized spacial score (nSPS) is 11.6. The molecule has 0 aliphatic carbocycles. The Morgan fingerprint density at radius 1 is 1.17 bits per heavy atom. The van der Waals surface area contributed by atoms with Gasteiger partial charge in [-0.3, -0.25) is 0 Å². The van der Waals surface area contributed by atoms with Crippen molar-refractivity contribution >= 4 is 17.7 Å². The van der Waals surface area contributed by atoms with Crippen LogP contribution in [0, 0.1) is 13.8 Å². The molecule has 3 aromatic heterocycles. The van der Waals surface area contributed by atoms with Crippen molar-refractivity contribution in [3.05, 3.63) is 71.5 Å². The molecule has 3 heterocycles. The molecule has 0 unspecified atom stereocenters. The van der Waals surface area contributed by atoms with Crippen LogP contribution in [0.15, 0.2) is 57.7 Å². The molecule has 0 amide bonds. The van der Waals surface area contributed by atoms with Crippen LogP contribution in [0.4, 0.5) is 0 Å². The fraction of sp³-hybridized carbons (Fsp3) is 0.150. The maximum Gasteiger partial charge on any atom is 0.357 e. The third-order valence-corrected chi connectivity index (χ3v) is 4.29. The highest BCUT2D eigenvalue weighted by molar-refractivity contribution is 6.15. The van der Waals surface area contributed by atoms with Gasteiger partial charge in [0.1, 0.15) is 18.1 Å². The summed E-state index contributed by atoms with van der Waals surface area (Å²) in [6.45, 7) is 3.56. The van der Waals surface area contributed by atoms with E-state index in [1.165, 1.54) is 17.0 Å². The van der Waals surface area contributed by atoms with Crippen LogP contribution in [0.2, 0.25) is 0 Å². The van der Waals surface area contributed by atoms with Gasteiger partial charge in [-0.1, -0.05) is 35.5 Å². The number of ether oxygens (including phenoxy) is 1. The minimum absolute atomic E-state index is 0.0122. The summed E-state index contributed by atoms with van der Waals surface area (Å²) < 4.78 is 17.3. The zero-order valence-electron chi connectivity index (χ0n) is 15.8. The first kappa shape index (κ1) is 18.4. The van der Waals surface area contributed by atoms with E-state index in [1.807, 2.05) is 30.3 Å². The van der Waals surface area contributed by atoms with Crippen LogP contribution in [-0.4, -0.2) is 31.3 Å². The van der Waals surface area contributed by atoms with Gasteiger partial charge in [0, 0.05) is 11.6 Å². The highest BCUT2D eigenvalue weighted by Gasteiger charge is 2.22. The summed E-state index contributed by atoms with van der Waals surface area (Å²) in [5, 5.41) is 15.6. The van der Waals surface area contributed by atoms with Gasteiger partial charge in [0.05, 0.1) is 17.5 Å². The fourth-order valence-electron chi connectivity index (χ4n) is 2.75. The van der Waals surface area contributed by atoms with Gasteiger partial charge in [-0.05, 0) is 36.4 Å². The Bertz CT molecular complexity index is 1120. The van der Waals surface area contributed by atoms with Crippen molar-refractivity contribution in [3.63, 3.8) is 0 Å². The molecule has 146 valence electrons. The third-order valence-electron chi connectivity index (χ3n) is 4.29. The van der Waals surface area contributed by atoms with Gasteiger partial charge in [0.25, 0.3) is 0 Å². The molecule has 29 heavy (non-hydrogen) atoms. The SMILES string of the molecule is Cc1noc(C)c1COC(=O)/C(=C\c1ccco1)n1nnnc1-c1ccccc1. The Morgan fingerprint density at radius 3 is 2.69 bits per heavy atom. The van der Waals surface area contributed by atoms with E-state index in [-0.39, 0.29) is 12.3 Å². The molecule has 4 rings (SSSR count). The second-order valence-corrected chi connectivity index (χ2v) is 6.20. The summed E-state index contributed by atoms with van der Waals surface area (Å²) in [6.07, 6.45) is 3.04. The van der Waals surface area contributed by atoms with Gasteiger partial charge in [-0.15, -0.1) is 5.10 Å². The Balaban J connectivity index is 1.69. The lowest BCUT2D eigenvalue weighted by atomic mass is 10.2. The topological polar surface area (TPSA) is 109 Å². The van der Waals surface area contributed by atoms with Crippen molar-refractivity contribution in [1.82, 2.24) is 25.4 Å². The lowest BCUT2D eigenvalue weighted by Crippen LogP contribution is -2.15. The Kier molecular flexibility index (Phi) is 5.02. The van der Waals surface area contributed by atoms with Gasteiger partial charge in [0.2, 0.25) is 0 Å². The number of aryl methyl sites for hydroxylation is 2. The van der Waals surface area contributed by atoms with Crippen LogP contribution in [-0.2, 0) is 16.1 Å². The zero-order valence-corrected chi connectivity index (χ0v) is 15.8. The minimum Gasteiger partial charge on any atom is -0.465 e. The predicted molar refractivity (Wildman–Crippen MR) is 102 cm³/mol. The van der Waals surface area contributed by atoms with Crippen molar-refractivity contribution in [2.24, 2.45) is 0 Å².